The van der Waals surface area contributed by atoms with Gasteiger partial charge in [-0.05, 0) is 19.1 Å². The summed E-state index contributed by atoms with van der Waals surface area (Å²) in [5.41, 5.74) is 0.772. The van der Waals surface area contributed by atoms with Crippen LogP contribution in [0.3, 0.4) is 0 Å². The SMILES string of the molecule is CC1COCCN1[C@]1(C)Nc2c(cccc2C(=O)O)O1. The van der Waals surface area contributed by atoms with Crippen molar-refractivity contribution < 1.29 is 19.4 Å². The number of nitrogens with one attached hydrogen (secondary N) is 1. The third-order valence-corrected chi connectivity index (χ3v) is 3.84. The van der Waals surface area contributed by atoms with Gasteiger partial charge in [0.2, 0.25) is 5.85 Å². The van der Waals surface area contributed by atoms with E-state index in [9.17, 15) is 9.90 Å². The van der Waals surface area contributed by atoms with Gasteiger partial charge in [-0.2, -0.15) is 0 Å². The number of morpholine rings is 1. The summed E-state index contributed by atoms with van der Waals surface area (Å²) in [6.07, 6.45) is 0. The van der Waals surface area contributed by atoms with Crippen LogP contribution >= 0.6 is 0 Å². The van der Waals surface area contributed by atoms with Crippen molar-refractivity contribution >= 4 is 11.7 Å². The maximum absolute atomic E-state index is 11.3. The first-order chi connectivity index (χ1) is 9.51. The molecular weight excluding hydrogens is 260 g/mol. The third-order valence-electron chi connectivity index (χ3n) is 3.84. The highest BCUT2D eigenvalue weighted by Gasteiger charge is 2.44. The van der Waals surface area contributed by atoms with E-state index in [0.29, 0.717) is 24.7 Å². The second-order valence-corrected chi connectivity index (χ2v) is 5.31. The van der Waals surface area contributed by atoms with Crippen molar-refractivity contribution in [3.63, 3.8) is 0 Å². The Balaban J connectivity index is 1.92. The zero-order valence-corrected chi connectivity index (χ0v) is 11.5. The fourth-order valence-corrected chi connectivity index (χ4v) is 2.89. The molecule has 1 saturated heterocycles. The predicted octanol–water partition coefficient (Wildman–Crippen LogP) is 1.58. The Bertz CT molecular complexity index is 548. The van der Waals surface area contributed by atoms with Crippen molar-refractivity contribution in [3.05, 3.63) is 23.8 Å². The molecule has 1 aromatic rings. The second kappa shape index (κ2) is 4.64. The van der Waals surface area contributed by atoms with E-state index in [1.54, 1.807) is 18.2 Å². The quantitative estimate of drug-likeness (QED) is 0.856. The second-order valence-electron chi connectivity index (χ2n) is 5.31. The van der Waals surface area contributed by atoms with E-state index >= 15 is 0 Å². The number of rotatable bonds is 2. The number of hydrogen-bond acceptors (Lipinski definition) is 5. The van der Waals surface area contributed by atoms with E-state index in [-0.39, 0.29) is 11.6 Å². The Kier molecular flexibility index (Phi) is 3.07. The maximum Gasteiger partial charge on any atom is 0.337 e. The molecule has 0 radical (unpaired) electrons. The van der Waals surface area contributed by atoms with Crippen LogP contribution < -0.4 is 10.1 Å². The number of anilines is 1. The average molecular weight is 278 g/mol. The first-order valence-electron chi connectivity index (χ1n) is 6.69. The molecule has 1 aromatic carbocycles. The van der Waals surface area contributed by atoms with E-state index in [2.05, 4.69) is 17.1 Å². The number of nitrogens with zero attached hydrogens (tertiary/aromatic N) is 1. The lowest BCUT2D eigenvalue weighted by Gasteiger charge is -2.43. The Morgan fingerprint density at radius 3 is 3.05 bits per heavy atom. The zero-order valence-electron chi connectivity index (χ0n) is 11.5. The van der Waals surface area contributed by atoms with Gasteiger partial charge in [0.15, 0.2) is 0 Å². The number of fused-ring (bicyclic) bond motifs is 1. The Hall–Kier alpha value is -1.79. The van der Waals surface area contributed by atoms with Crippen LogP contribution in [0.5, 0.6) is 5.75 Å². The molecule has 0 spiro atoms. The molecule has 0 bridgehead atoms. The van der Waals surface area contributed by atoms with Crippen LogP contribution in [0.1, 0.15) is 24.2 Å². The van der Waals surface area contributed by atoms with Gasteiger partial charge in [0.1, 0.15) is 5.75 Å². The van der Waals surface area contributed by atoms with Crippen LogP contribution in [0.25, 0.3) is 0 Å². The number of hydrogen-bond donors (Lipinski definition) is 2. The standard InChI is InChI=1S/C14H18N2O4/c1-9-8-19-7-6-16(9)14(2)15-12-10(13(17)18)4-3-5-11(12)20-14/h3-5,9,15H,6-8H2,1-2H3,(H,17,18)/t9?,14-/m0/s1. The molecule has 1 fully saturated rings. The van der Waals surface area contributed by atoms with Gasteiger partial charge in [-0.1, -0.05) is 6.07 Å². The van der Waals surface area contributed by atoms with E-state index in [1.165, 1.54) is 0 Å². The first kappa shape index (κ1) is 13.2. The van der Waals surface area contributed by atoms with E-state index in [1.807, 2.05) is 6.92 Å². The van der Waals surface area contributed by atoms with Crippen molar-refractivity contribution in [2.24, 2.45) is 0 Å². The molecule has 2 aliphatic rings. The van der Waals surface area contributed by atoms with Gasteiger partial charge in [0.25, 0.3) is 0 Å². The minimum atomic E-state index is -0.961. The molecule has 0 aliphatic carbocycles. The molecule has 2 heterocycles. The van der Waals surface area contributed by atoms with Crippen molar-refractivity contribution in [2.45, 2.75) is 25.7 Å². The number of carboxylic acid groups (broad SMARTS) is 1. The van der Waals surface area contributed by atoms with Crippen molar-refractivity contribution in [1.82, 2.24) is 4.90 Å². The summed E-state index contributed by atoms with van der Waals surface area (Å²) in [5, 5.41) is 12.5. The number of ether oxygens (including phenoxy) is 2. The van der Waals surface area contributed by atoms with E-state index in [0.717, 1.165) is 6.54 Å². The van der Waals surface area contributed by atoms with E-state index < -0.39 is 11.8 Å². The predicted molar refractivity (Wildman–Crippen MR) is 73.0 cm³/mol. The van der Waals surface area contributed by atoms with Crippen LogP contribution in [0.15, 0.2) is 18.2 Å². The lowest BCUT2D eigenvalue weighted by Crippen LogP contribution is -2.61. The summed E-state index contributed by atoms with van der Waals surface area (Å²) in [6.45, 7) is 6.01. The summed E-state index contributed by atoms with van der Waals surface area (Å²) in [4.78, 5) is 13.4. The lowest BCUT2D eigenvalue weighted by molar-refractivity contribution is -0.114. The van der Waals surface area contributed by atoms with Gasteiger partial charge in [0, 0.05) is 19.5 Å². The minimum Gasteiger partial charge on any atom is -0.478 e. The van der Waals surface area contributed by atoms with Crippen LogP contribution in [-0.4, -0.2) is 47.6 Å². The van der Waals surface area contributed by atoms with Gasteiger partial charge < -0.3 is 19.9 Å². The van der Waals surface area contributed by atoms with Crippen LogP contribution in [0, 0.1) is 0 Å². The molecule has 2 aliphatic heterocycles. The molecule has 0 saturated carbocycles. The number of carbonyl (C=O) groups is 1. The third kappa shape index (κ3) is 2.01. The van der Waals surface area contributed by atoms with Crippen molar-refractivity contribution in [3.8, 4) is 5.75 Å². The monoisotopic (exact) mass is 278 g/mol. The highest BCUT2D eigenvalue weighted by Crippen LogP contribution is 2.41. The molecule has 1 unspecified atom stereocenters. The van der Waals surface area contributed by atoms with Crippen LogP contribution in [0.2, 0.25) is 0 Å². The summed E-state index contributed by atoms with van der Waals surface area (Å²) in [7, 11) is 0. The molecule has 6 nitrogen and oxygen atoms in total. The van der Waals surface area contributed by atoms with Crippen LogP contribution in [0.4, 0.5) is 5.69 Å². The first-order valence-corrected chi connectivity index (χ1v) is 6.69. The molecule has 0 aromatic heterocycles. The van der Waals surface area contributed by atoms with Gasteiger partial charge in [-0.25, -0.2) is 9.69 Å². The fraction of sp³-hybridized carbons (Fsp3) is 0.500. The van der Waals surface area contributed by atoms with Gasteiger partial charge >= 0.3 is 5.97 Å². The fourth-order valence-electron chi connectivity index (χ4n) is 2.89. The molecule has 3 rings (SSSR count). The molecule has 2 atom stereocenters. The molecule has 6 heteroatoms. The summed E-state index contributed by atoms with van der Waals surface area (Å²) in [5.74, 6) is -1.12. The molecular formula is C14H18N2O4. The lowest BCUT2D eigenvalue weighted by atomic mass is 10.1. The van der Waals surface area contributed by atoms with Gasteiger partial charge in [0.05, 0.1) is 24.5 Å². The number of aromatic carboxylic acids is 1. The van der Waals surface area contributed by atoms with Crippen molar-refractivity contribution in [2.75, 3.05) is 25.1 Å². The molecule has 20 heavy (non-hydrogen) atoms. The number of carboxylic acids is 1. The summed E-state index contributed by atoms with van der Waals surface area (Å²) < 4.78 is 11.4. The van der Waals surface area contributed by atoms with E-state index in [4.69, 9.17) is 9.47 Å². The number of para-hydroxylation sites is 1. The molecule has 108 valence electrons. The molecule has 0 amide bonds. The minimum absolute atomic E-state index is 0.198. The van der Waals surface area contributed by atoms with Gasteiger partial charge in [-0.3, -0.25) is 0 Å². The van der Waals surface area contributed by atoms with Crippen LogP contribution in [-0.2, 0) is 4.74 Å². The topological polar surface area (TPSA) is 71.0 Å². The highest BCUT2D eigenvalue weighted by atomic mass is 16.5. The number of benzene rings is 1. The Labute approximate surface area is 117 Å². The normalized spacial score (nSPS) is 29.4. The maximum atomic E-state index is 11.3. The Morgan fingerprint density at radius 2 is 2.35 bits per heavy atom. The molecule has 2 N–H and O–H groups in total. The highest BCUT2D eigenvalue weighted by molar-refractivity contribution is 5.96. The Morgan fingerprint density at radius 1 is 1.55 bits per heavy atom. The summed E-state index contributed by atoms with van der Waals surface area (Å²) >= 11 is 0. The smallest absolute Gasteiger partial charge is 0.337 e. The van der Waals surface area contributed by atoms with Gasteiger partial charge in [-0.15, -0.1) is 0 Å². The van der Waals surface area contributed by atoms with Crippen molar-refractivity contribution in [1.29, 1.82) is 0 Å². The average Bonchev–Trinajstić information content (AvgIpc) is 2.75. The largest absolute Gasteiger partial charge is 0.478 e. The zero-order chi connectivity index (χ0) is 14.3. The summed E-state index contributed by atoms with van der Waals surface area (Å²) in [6, 6.07) is 5.25.